The fourth-order valence-corrected chi connectivity index (χ4v) is 2.86. The van der Waals surface area contributed by atoms with Crippen LogP contribution >= 0.6 is 27.5 Å². The zero-order valence-electron chi connectivity index (χ0n) is 11.6. The van der Waals surface area contributed by atoms with Crippen LogP contribution in [0.5, 0.6) is 0 Å². The Morgan fingerprint density at radius 3 is 2.37 bits per heavy atom. The Kier molecular flexibility index (Phi) is 7.19. The Morgan fingerprint density at radius 1 is 1.32 bits per heavy atom. The molecule has 108 valence electrons. The number of benzene rings is 1. The maximum absolute atomic E-state index is 12.2. The van der Waals surface area contributed by atoms with Crippen molar-refractivity contribution in [2.45, 2.75) is 44.4 Å². The molecular formula is C14H21BrClNOS. The lowest BCUT2D eigenvalue weighted by atomic mass is 10.0. The van der Waals surface area contributed by atoms with Crippen LogP contribution in [-0.2, 0) is 11.4 Å². The summed E-state index contributed by atoms with van der Waals surface area (Å²) in [6.45, 7) is 5.91. The highest BCUT2D eigenvalue weighted by Gasteiger charge is 2.29. The molecule has 1 unspecified atom stereocenters. The molecule has 0 bridgehead atoms. The van der Waals surface area contributed by atoms with E-state index < -0.39 is 11.4 Å². The van der Waals surface area contributed by atoms with Crippen molar-refractivity contribution in [3.05, 3.63) is 34.3 Å². The predicted octanol–water partition coefficient (Wildman–Crippen LogP) is 4.56. The van der Waals surface area contributed by atoms with Crippen LogP contribution in [0.4, 0.5) is 0 Å². The van der Waals surface area contributed by atoms with Gasteiger partial charge >= 0.3 is 0 Å². The molecule has 0 saturated carbocycles. The van der Waals surface area contributed by atoms with E-state index >= 15 is 0 Å². The zero-order chi connectivity index (χ0) is 14.5. The van der Waals surface area contributed by atoms with Crippen LogP contribution in [0.1, 0.15) is 45.2 Å². The van der Waals surface area contributed by atoms with E-state index in [1.54, 1.807) is 0 Å². The molecule has 0 aliphatic rings. The third-order valence-electron chi connectivity index (χ3n) is 2.70. The molecule has 0 amide bonds. The molecule has 0 spiro atoms. The highest BCUT2D eigenvalue weighted by molar-refractivity contribution is 9.10. The summed E-state index contributed by atoms with van der Waals surface area (Å²) in [6.07, 6.45) is 1.78. The standard InChI is InChI=1S/C14H21BrClNOS/c1-14(2,3)19(18)17-13(5-4-10-16)11-6-8-12(15)9-7-11/h6-9,13,17H,4-5,10H2,1-3H3/t13-,19?/m0/s1. The number of hydrogen-bond donors (Lipinski definition) is 1. The average Bonchev–Trinajstić information content (AvgIpc) is 2.34. The van der Waals surface area contributed by atoms with E-state index in [0.29, 0.717) is 5.88 Å². The van der Waals surface area contributed by atoms with Gasteiger partial charge in [0.1, 0.15) is 4.75 Å². The summed E-state index contributed by atoms with van der Waals surface area (Å²) in [5.74, 6) is 0.622. The van der Waals surface area contributed by atoms with Gasteiger partial charge in [0.15, 0.2) is 0 Å². The average molecular weight is 367 g/mol. The highest BCUT2D eigenvalue weighted by atomic mass is 79.9. The van der Waals surface area contributed by atoms with Crippen molar-refractivity contribution in [3.63, 3.8) is 0 Å². The van der Waals surface area contributed by atoms with Crippen LogP contribution in [0.15, 0.2) is 28.7 Å². The molecule has 1 N–H and O–H groups in total. The van der Waals surface area contributed by atoms with Gasteiger partial charge in [-0.3, -0.25) is 0 Å². The van der Waals surface area contributed by atoms with Gasteiger partial charge < -0.3 is 4.55 Å². The molecule has 0 saturated heterocycles. The number of halogens is 2. The minimum atomic E-state index is -1.08. The summed E-state index contributed by atoms with van der Waals surface area (Å²) in [5.41, 5.74) is 1.14. The fraction of sp³-hybridized carbons (Fsp3) is 0.571. The molecule has 5 heteroatoms. The molecule has 19 heavy (non-hydrogen) atoms. The summed E-state index contributed by atoms with van der Waals surface area (Å²) in [6, 6.07) is 8.19. The van der Waals surface area contributed by atoms with Gasteiger partial charge in [-0.25, -0.2) is 0 Å². The van der Waals surface area contributed by atoms with Crippen molar-refractivity contribution < 1.29 is 4.55 Å². The smallest absolute Gasteiger partial charge is 0.136 e. The van der Waals surface area contributed by atoms with Crippen LogP contribution in [-0.4, -0.2) is 15.2 Å². The van der Waals surface area contributed by atoms with Gasteiger partial charge in [0.2, 0.25) is 0 Å². The second-order valence-electron chi connectivity index (χ2n) is 5.43. The number of nitrogens with one attached hydrogen (secondary N) is 1. The first-order chi connectivity index (χ1) is 8.84. The minimum absolute atomic E-state index is 0.0758. The lowest BCUT2D eigenvalue weighted by Crippen LogP contribution is -2.41. The molecule has 2 atom stereocenters. The lowest BCUT2D eigenvalue weighted by molar-refractivity contribution is 0.510. The maximum Gasteiger partial charge on any atom is 0.136 e. The molecule has 0 heterocycles. The third-order valence-corrected chi connectivity index (χ3v) is 5.11. The monoisotopic (exact) mass is 365 g/mol. The van der Waals surface area contributed by atoms with Gasteiger partial charge in [0, 0.05) is 21.7 Å². The van der Waals surface area contributed by atoms with Crippen molar-refractivity contribution in [3.8, 4) is 0 Å². The van der Waals surface area contributed by atoms with E-state index in [4.69, 9.17) is 11.6 Å². The van der Waals surface area contributed by atoms with E-state index in [2.05, 4.69) is 32.8 Å². The fourth-order valence-electron chi connectivity index (χ4n) is 1.58. The molecule has 0 fully saturated rings. The van der Waals surface area contributed by atoms with Crippen LogP contribution in [0.3, 0.4) is 0 Å². The first-order valence-corrected chi connectivity index (χ1v) is 8.82. The van der Waals surface area contributed by atoms with Gasteiger partial charge in [-0.15, -0.1) is 16.3 Å². The van der Waals surface area contributed by atoms with Crippen molar-refractivity contribution in [1.82, 2.24) is 4.72 Å². The summed E-state index contributed by atoms with van der Waals surface area (Å²) < 4.78 is 16.2. The molecule has 2 nitrogen and oxygen atoms in total. The maximum atomic E-state index is 12.2. The molecule has 1 aromatic rings. The van der Waals surface area contributed by atoms with Crippen molar-refractivity contribution in [1.29, 1.82) is 0 Å². The first-order valence-electron chi connectivity index (χ1n) is 6.34. The second kappa shape index (κ2) is 7.89. The quantitative estimate of drug-likeness (QED) is 0.591. The van der Waals surface area contributed by atoms with Gasteiger partial charge in [-0.05, 0) is 51.3 Å². The van der Waals surface area contributed by atoms with Crippen LogP contribution in [0.25, 0.3) is 0 Å². The molecule has 0 radical (unpaired) electrons. The highest BCUT2D eigenvalue weighted by Crippen LogP contribution is 2.25. The van der Waals surface area contributed by atoms with E-state index in [1.807, 2.05) is 32.9 Å². The molecule has 0 aliphatic heterocycles. The van der Waals surface area contributed by atoms with Gasteiger partial charge in [-0.2, -0.15) is 0 Å². The number of alkyl halides is 1. The number of rotatable bonds is 6. The van der Waals surface area contributed by atoms with Crippen LogP contribution < -0.4 is 4.72 Å². The first kappa shape index (κ1) is 17.3. The second-order valence-corrected chi connectivity index (χ2v) is 8.73. The Morgan fingerprint density at radius 2 is 1.89 bits per heavy atom. The van der Waals surface area contributed by atoms with E-state index in [1.165, 1.54) is 0 Å². The van der Waals surface area contributed by atoms with Crippen molar-refractivity contribution in [2.24, 2.45) is 0 Å². The van der Waals surface area contributed by atoms with Gasteiger partial charge in [-0.1, -0.05) is 28.1 Å². The van der Waals surface area contributed by atoms with Crippen LogP contribution in [0, 0.1) is 0 Å². The Hall–Kier alpha value is 0.260. The Balaban J connectivity index is 2.79. The molecule has 0 aromatic heterocycles. The Labute approximate surface area is 132 Å². The Bertz CT molecular complexity index is 380. The summed E-state index contributed by atoms with van der Waals surface area (Å²) >= 11 is 8.12. The van der Waals surface area contributed by atoms with Crippen molar-refractivity contribution >= 4 is 38.9 Å². The molecule has 1 rings (SSSR count). The molecule has 1 aromatic carbocycles. The summed E-state index contributed by atoms with van der Waals surface area (Å²) in [5, 5.41) is 0. The molecular weight excluding hydrogens is 346 g/mol. The van der Waals surface area contributed by atoms with E-state index in [9.17, 15) is 4.55 Å². The largest absolute Gasteiger partial charge is 0.598 e. The number of hydrogen-bond acceptors (Lipinski definition) is 2. The normalized spacial score (nSPS) is 15.3. The van der Waals surface area contributed by atoms with Crippen molar-refractivity contribution in [2.75, 3.05) is 5.88 Å². The predicted molar refractivity (Wildman–Crippen MR) is 87.9 cm³/mol. The van der Waals surface area contributed by atoms with E-state index in [-0.39, 0.29) is 10.8 Å². The van der Waals surface area contributed by atoms with Crippen LogP contribution in [0.2, 0.25) is 0 Å². The minimum Gasteiger partial charge on any atom is -0.598 e. The zero-order valence-corrected chi connectivity index (χ0v) is 14.7. The van der Waals surface area contributed by atoms with E-state index in [0.717, 1.165) is 22.9 Å². The summed E-state index contributed by atoms with van der Waals surface area (Å²) in [4.78, 5) is 0. The van der Waals surface area contributed by atoms with Gasteiger partial charge in [0.25, 0.3) is 0 Å². The SMILES string of the molecule is CC(C)(C)[S+]([O-])N[C@@H](CCCCl)c1ccc(Br)cc1. The topological polar surface area (TPSA) is 35.1 Å². The lowest BCUT2D eigenvalue weighted by Gasteiger charge is -2.28. The third kappa shape index (κ3) is 6.05. The molecule has 0 aliphatic carbocycles. The van der Waals surface area contributed by atoms with Gasteiger partial charge in [0.05, 0.1) is 6.04 Å². The summed E-state index contributed by atoms with van der Waals surface area (Å²) in [7, 11) is 0.